The predicted molar refractivity (Wildman–Crippen MR) is 89.5 cm³/mol. The minimum absolute atomic E-state index is 0.0518. The summed E-state index contributed by atoms with van der Waals surface area (Å²) in [7, 11) is -3.69. The predicted octanol–water partition coefficient (Wildman–Crippen LogP) is 2.45. The van der Waals surface area contributed by atoms with Gasteiger partial charge in [-0.1, -0.05) is 37.5 Å². The summed E-state index contributed by atoms with van der Waals surface area (Å²) in [6, 6.07) is 8.69. The van der Waals surface area contributed by atoms with E-state index in [1.165, 1.54) is 6.42 Å². The first-order chi connectivity index (χ1) is 11.1. The number of sulfonamides is 1. The van der Waals surface area contributed by atoms with Gasteiger partial charge in [0.05, 0.1) is 11.6 Å². The molecule has 2 aromatic rings. The molecular weight excluding hydrogens is 312 g/mol. The summed E-state index contributed by atoms with van der Waals surface area (Å²) in [5.41, 5.74) is 0.453. The van der Waals surface area contributed by atoms with E-state index in [-0.39, 0.29) is 17.4 Å². The molecule has 0 radical (unpaired) electrons. The number of rotatable bonds is 5. The fraction of sp³-hybridized carbons (Fsp3) is 0.471. The number of aromatic nitrogens is 1. The van der Waals surface area contributed by atoms with Crippen molar-refractivity contribution >= 4 is 20.9 Å². The number of fused-ring (bicyclic) bond motifs is 1. The van der Waals surface area contributed by atoms with Gasteiger partial charge in [-0.3, -0.25) is 4.98 Å². The van der Waals surface area contributed by atoms with Crippen LogP contribution in [0.1, 0.15) is 32.1 Å². The normalized spacial score (nSPS) is 18.1. The number of aliphatic hydroxyl groups excluding tert-OH is 1. The maximum atomic E-state index is 12.6. The number of pyridine rings is 1. The van der Waals surface area contributed by atoms with Crippen LogP contribution >= 0.6 is 0 Å². The smallest absolute Gasteiger partial charge is 0.242 e. The summed E-state index contributed by atoms with van der Waals surface area (Å²) in [6.45, 7) is 0.0518. The average Bonchev–Trinajstić information content (AvgIpc) is 2.60. The molecule has 1 unspecified atom stereocenters. The lowest BCUT2D eigenvalue weighted by atomic mass is 9.85. The van der Waals surface area contributed by atoms with Gasteiger partial charge in [-0.2, -0.15) is 0 Å². The van der Waals surface area contributed by atoms with E-state index < -0.39 is 16.1 Å². The lowest BCUT2D eigenvalue weighted by Gasteiger charge is -2.26. The van der Waals surface area contributed by atoms with E-state index in [2.05, 4.69) is 9.71 Å². The number of aliphatic hydroxyl groups is 1. The highest BCUT2D eigenvalue weighted by Crippen LogP contribution is 2.26. The van der Waals surface area contributed by atoms with Gasteiger partial charge in [-0.05, 0) is 30.9 Å². The van der Waals surface area contributed by atoms with Crippen LogP contribution in [0.3, 0.4) is 0 Å². The van der Waals surface area contributed by atoms with Crippen LogP contribution in [0.4, 0.5) is 0 Å². The molecule has 3 rings (SSSR count). The zero-order chi connectivity index (χ0) is 16.3. The Kier molecular flexibility index (Phi) is 4.94. The third kappa shape index (κ3) is 3.71. The van der Waals surface area contributed by atoms with Crippen molar-refractivity contribution in [3.8, 4) is 0 Å². The Morgan fingerprint density at radius 2 is 1.91 bits per heavy atom. The second-order valence-electron chi connectivity index (χ2n) is 6.15. The molecule has 1 aliphatic carbocycles. The van der Waals surface area contributed by atoms with E-state index in [4.69, 9.17) is 0 Å². The highest BCUT2D eigenvalue weighted by Gasteiger charge is 2.24. The van der Waals surface area contributed by atoms with Crippen molar-refractivity contribution in [3.63, 3.8) is 0 Å². The molecule has 124 valence electrons. The monoisotopic (exact) mass is 334 g/mol. The SMILES string of the molecule is O=S(=O)(NCC(O)C1CCCCC1)c1cccc2cccnc12. The average molecular weight is 334 g/mol. The molecule has 2 N–H and O–H groups in total. The van der Waals surface area contributed by atoms with Gasteiger partial charge < -0.3 is 5.11 Å². The van der Waals surface area contributed by atoms with E-state index in [0.29, 0.717) is 5.52 Å². The molecule has 23 heavy (non-hydrogen) atoms. The van der Waals surface area contributed by atoms with Crippen LogP contribution < -0.4 is 4.72 Å². The Morgan fingerprint density at radius 3 is 2.70 bits per heavy atom. The quantitative estimate of drug-likeness (QED) is 0.880. The third-order valence-corrected chi connectivity index (χ3v) is 6.02. The van der Waals surface area contributed by atoms with Crippen LogP contribution in [-0.2, 0) is 10.0 Å². The van der Waals surface area contributed by atoms with Crippen molar-refractivity contribution in [1.82, 2.24) is 9.71 Å². The van der Waals surface area contributed by atoms with Gasteiger partial charge in [0, 0.05) is 18.1 Å². The lowest BCUT2D eigenvalue weighted by Crippen LogP contribution is -2.37. The molecular formula is C17H22N2O3S. The topological polar surface area (TPSA) is 79.3 Å². The fourth-order valence-electron chi connectivity index (χ4n) is 3.25. The van der Waals surface area contributed by atoms with E-state index in [0.717, 1.165) is 31.1 Å². The van der Waals surface area contributed by atoms with Crippen LogP contribution in [0, 0.1) is 5.92 Å². The Hall–Kier alpha value is -1.50. The Labute approximate surface area is 136 Å². The Balaban J connectivity index is 1.75. The molecule has 1 heterocycles. The fourth-order valence-corrected chi connectivity index (χ4v) is 4.48. The molecule has 1 saturated carbocycles. The minimum Gasteiger partial charge on any atom is -0.391 e. The number of para-hydroxylation sites is 1. The van der Waals surface area contributed by atoms with Crippen LogP contribution in [-0.4, -0.2) is 31.2 Å². The summed E-state index contributed by atoms with van der Waals surface area (Å²) in [5, 5.41) is 11.0. The number of benzene rings is 1. The molecule has 1 aliphatic rings. The van der Waals surface area contributed by atoms with Gasteiger partial charge >= 0.3 is 0 Å². The molecule has 0 bridgehead atoms. The van der Waals surface area contributed by atoms with Crippen molar-refractivity contribution in [2.75, 3.05) is 6.54 Å². The van der Waals surface area contributed by atoms with Crippen molar-refractivity contribution in [3.05, 3.63) is 36.5 Å². The Morgan fingerprint density at radius 1 is 1.17 bits per heavy atom. The number of nitrogens with one attached hydrogen (secondary N) is 1. The first kappa shape index (κ1) is 16.4. The van der Waals surface area contributed by atoms with Crippen molar-refractivity contribution < 1.29 is 13.5 Å². The highest BCUT2D eigenvalue weighted by molar-refractivity contribution is 7.89. The zero-order valence-electron chi connectivity index (χ0n) is 13.0. The first-order valence-electron chi connectivity index (χ1n) is 8.09. The van der Waals surface area contributed by atoms with E-state index in [1.807, 2.05) is 12.1 Å². The van der Waals surface area contributed by atoms with Crippen LogP contribution in [0.5, 0.6) is 0 Å². The Bertz CT molecular complexity index is 765. The summed E-state index contributed by atoms with van der Waals surface area (Å²) in [6.07, 6.45) is 6.32. The van der Waals surface area contributed by atoms with Gasteiger partial charge in [0.15, 0.2) is 0 Å². The van der Waals surface area contributed by atoms with Crippen LogP contribution in [0.15, 0.2) is 41.4 Å². The van der Waals surface area contributed by atoms with Gasteiger partial charge in [0.25, 0.3) is 0 Å². The lowest BCUT2D eigenvalue weighted by molar-refractivity contribution is 0.0888. The molecule has 0 aliphatic heterocycles. The summed E-state index contributed by atoms with van der Waals surface area (Å²) in [4.78, 5) is 4.34. The number of hydrogen-bond acceptors (Lipinski definition) is 4. The molecule has 0 spiro atoms. The molecule has 0 amide bonds. The maximum Gasteiger partial charge on any atom is 0.242 e. The van der Waals surface area contributed by atoms with Gasteiger partial charge in [-0.15, -0.1) is 0 Å². The molecule has 5 nitrogen and oxygen atoms in total. The summed E-state index contributed by atoms with van der Waals surface area (Å²) >= 11 is 0. The van der Waals surface area contributed by atoms with E-state index in [1.54, 1.807) is 24.4 Å². The molecule has 1 fully saturated rings. The molecule has 1 aromatic carbocycles. The standard InChI is InChI=1S/C17H22N2O3S/c20-15(13-6-2-1-3-7-13)12-19-23(21,22)16-10-4-8-14-9-5-11-18-17(14)16/h4-5,8-11,13,15,19-20H,1-3,6-7,12H2. The molecule has 1 aromatic heterocycles. The van der Waals surface area contributed by atoms with Crippen molar-refractivity contribution in [2.24, 2.45) is 5.92 Å². The molecule has 1 atom stereocenters. The summed E-state index contributed by atoms with van der Waals surface area (Å²) in [5.74, 6) is 0.192. The van der Waals surface area contributed by atoms with Gasteiger partial charge in [-0.25, -0.2) is 13.1 Å². The molecule has 6 heteroatoms. The number of hydrogen-bond donors (Lipinski definition) is 2. The van der Waals surface area contributed by atoms with E-state index in [9.17, 15) is 13.5 Å². The van der Waals surface area contributed by atoms with Crippen LogP contribution in [0.2, 0.25) is 0 Å². The van der Waals surface area contributed by atoms with Gasteiger partial charge in [0.2, 0.25) is 10.0 Å². The number of nitrogens with zero attached hydrogens (tertiary/aromatic N) is 1. The van der Waals surface area contributed by atoms with Crippen LogP contribution in [0.25, 0.3) is 10.9 Å². The maximum absolute atomic E-state index is 12.6. The van der Waals surface area contributed by atoms with Gasteiger partial charge in [0.1, 0.15) is 4.90 Å². The third-order valence-electron chi connectivity index (χ3n) is 4.56. The summed E-state index contributed by atoms with van der Waals surface area (Å²) < 4.78 is 27.7. The molecule has 0 saturated heterocycles. The highest BCUT2D eigenvalue weighted by atomic mass is 32.2. The second-order valence-corrected chi connectivity index (χ2v) is 7.88. The van der Waals surface area contributed by atoms with Crippen molar-refractivity contribution in [1.29, 1.82) is 0 Å². The van der Waals surface area contributed by atoms with Crippen molar-refractivity contribution in [2.45, 2.75) is 43.1 Å². The van der Waals surface area contributed by atoms with E-state index >= 15 is 0 Å². The minimum atomic E-state index is -3.69. The first-order valence-corrected chi connectivity index (χ1v) is 9.58. The second kappa shape index (κ2) is 6.95. The largest absolute Gasteiger partial charge is 0.391 e. The zero-order valence-corrected chi connectivity index (χ0v) is 13.8.